The summed E-state index contributed by atoms with van der Waals surface area (Å²) in [7, 11) is 0. The van der Waals surface area contributed by atoms with Gasteiger partial charge in [-0.05, 0) is 62.2 Å². The fraction of sp³-hybridized carbons (Fsp3) is 1.00. The van der Waals surface area contributed by atoms with E-state index in [1.54, 1.807) is 0 Å². The van der Waals surface area contributed by atoms with Crippen molar-refractivity contribution >= 4 is 0 Å². The molecule has 4 aliphatic rings. The van der Waals surface area contributed by atoms with Gasteiger partial charge >= 0.3 is 0 Å². The SMILES string of the molecule is C1C(OC2CC3CC3C2)CC2CC12. The van der Waals surface area contributed by atoms with E-state index in [-0.39, 0.29) is 0 Å². The topological polar surface area (TPSA) is 9.23 Å². The predicted octanol–water partition coefficient (Wildman–Crippen LogP) is 2.60. The summed E-state index contributed by atoms with van der Waals surface area (Å²) >= 11 is 0. The lowest BCUT2D eigenvalue weighted by Crippen LogP contribution is -2.19. The average molecular weight is 178 g/mol. The minimum Gasteiger partial charge on any atom is -0.375 e. The Morgan fingerprint density at radius 3 is 1.31 bits per heavy atom. The molecule has 0 aromatic rings. The number of hydrogen-bond acceptors (Lipinski definition) is 1. The number of ether oxygens (including phenoxy) is 1. The molecule has 4 fully saturated rings. The van der Waals surface area contributed by atoms with Crippen molar-refractivity contribution in [3.05, 3.63) is 0 Å². The summed E-state index contributed by atoms with van der Waals surface area (Å²) in [5.74, 6) is 4.34. The maximum Gasteiger partial charge on any atom is 0.0584 e. The lowest BCUT2D eigenvalue weighted by molar-refractivity contribution is -0.0159. The summed E-state index contributed by atoms with van der Waals surface area (Å²) in [4.78, 5) is 0. The largest absolute Gasteiger partial charge is 0.375 e. The molecule has 4 rings (SSSR count). The van der Waals surface area contributed by atoms with E-state index in [1.807, 2.05) is 0 Å². The molecule has 0 N–H and O–H groups in total. The second-order valence-corrected chi connectivity index (χ2v) is 5.83. The van der Waals surface area contributed by atoms with Crippen molar-refractivity contribution < 1.29 is 4.74 Å². The third-order valence-corrected chi connectivity index (χ3v) is 4.79. The van der Waals surface area contributed by atoms with Crippen LogP contribution in [-0.4, -0.2) is 12.2 Å². The molecule has 0 amide bonds. The molecule has 0 bridgehead atoms. The van der Waals surface area contributed by atoms with Gasteiger partial charge in [0, 0.05) is 0 Å². The van der Waals surface area contributed by atoms with Crippen LogP contribution >= 0.6 is 0 Å². The van der Waals surface area contributed by atoms with Crippen molar-refractivity contribution in [2.75, 3.05) is 0 Å². The maximum atomic E-state index is 6.17. The number of hydrogen-bond donors (Lipinski definition) is 0. The van der Waals surface area contributed by atoms with Gasteiger partial charge in [-0.25, -0.2) is 0 Å². The van der Waals surface area contributed by atoms with E-state index >= 15 is 0 Å². The fourth-order valence-electron chi connectivity index (χ4n) is 3.81. The molecule has 0 aromatic heterocycles. The summed E-state index contributed by atoms with van der Waals surface area (Å²) in [6, 6.07) is 0. The second kappa shape index (κ2) is 2.31. The van der Waals surface area contributed by atoms with Crippen molar-refractivity contribution in [1.82, 2.24) is 0 Å². The zero-order chi connectivity index (χ0) is 8.41. The highest BCUT2D eigenvalue weighted by molar-refractivity contribution is 5.00. The smallest absolute Gasteiger partial charge is 0.0584 e. The highest BCUT2D eigenvalue weighted by Gasteiger charge is 2.50. The first-order chi connectivity index (χ1) is 6.38. The van der Waals surface area contributed by atoms with Gasteiger partial charge in [-0.3, -0.25) is 0 Å². The zero-order valence-electron chi connectivity index (χ0n) is 8.11. The van der Waals surface area contributed by atoms with Crippen LogP contribution in [0, 0.1) is 23.7 Å². The molecular formula is C12H18O. The van der Waals surface area contributed by atoms with Gasteiger partial charge in [0.05, 0.1) is 12.2 Å². The van der Waals surface area contributed by atoms with Crippen molar-refractivity contribution in [3.63, 3.8) is 0 Å². The van der Waals surface area contributed by atoms with Crippen LogP contribution < -0.4 is 0 Å². The normalized spacial score (nSPS) is 61.8. The van der Waals surface area contributed by atoms with E-state index in [1.165, 1.54) is 38.5 Å². The van der Waals surface area contributed by atoms with Crippen molar-refractivity contribution in [2.45, 2.75) is 50.7 Å². The third-order valence-electron chi connectivity index (χ3n) is 4.79. The Bertz CT molecular complexity index is 193. The van der Waals surface area contributed by atoms with Crippen LogP contribution in [0.2, 0.25) is 0 Å². The Balaban J connectivity index is 1.33. The first kappa shape index (κ1) is 7.28. The van der Waals surface area contributed by atoms with E-state index in [4.69, 9.17) is 4.74 Å². The summed E-state index contributed by atoms with van der Waals surface area (Å²) in [6.45, 7) is 0. The van der Waals surface area contributed by atoms with Gasteiger partial charge in [-0.2, -0.15) is 0 Å². The van der Waals surface area contributed by atoms with E-state index in [0.29, 0.717) is 12.2 Å². The zero-order valence-corrected chi connectivity index (χ0v) is 8.11. The molecular weight excluding hydrogens is 160 g/mol. The van der Waals surface area contributed by atoms with E-state index in [2.05, 4.69) is 0 Å². The monoisotopic (exact) mass is 178 g/mol. The summed E-state index contributed by atoms with van der Waals surface area (Å²) in [5, 5.41) is 0. The van der Waals surface area contributed by atoms with Gasteiger partial charge in [0.25, 0.3) is 0 Å². The molecule has 0 saturated heterocycles. The molecule has 0 aromatic carbocycles. The minimum absolute atomic E-state index is 0.672. The standard InChI is InChI=1S/C12H18O/c1-7-3-11(4-8(1)7)13-12-5-9-2-10(9)6-12/h7-12H,1-6H2. The van der Waals surface area contributed by atoms with Crippen LogP contribution in [0.5, 0.6) is 0 Å². The molecule has 4 aliphatic carbocycles. The fourth-order valence-corrected chi connectivity index (χ4v) is 3.81. The molecule has 0 radical (unpaired) electrons. The number of rotatable bonds is 2. The Morgan fingerprint density at radius 2 is 0.923 bits per heavy atom. The average Bonchev–Trinajstić information content (AvgIpc) is 2.93. The van der Waals surface area contributed by atoms with Crippen molar-refractivity contribution in [1.29, 1.82) is 0 Å². The molecule has 1 heteroatoms. The third kappa shape index (κ3) is 1.16. The van der Waals surface area contributed by atoms with E-state index in [9.17, 15) is 0 Å². The maximum absolute atomic E-state index is 6.17. The van der Waals surface area contributed by atoms with Crippen LogP contribution in [0.4, 0.5) is 0 Å². The molecule has 0 heterocycles. The summed E-state index contributed by atoms with van der Waals surface area (Å²) in [6.07, 6.45) is 9.99. The van der Waals surface area contributed by atoms with Crippen LogP contribution in [-0.2, 0) is 4.74 Å². The van der Waals surface area contributed by atoms with Crippen LogP contribution in [0.3, 0.4) is 0 Å². The molecule has 1 nitrogen and oxygen atoms in total. The van der Waals surface area contributed by atoms with Gasteiger partial charge in [0.2, 0.25) is 0 Å². The van der Waals surface area contributed by atoms with Crippen LogP contribution in [0.15, 0.2) is 0 Å². The van der Waals surface area contributed by atoms with Crippen molar-refractivity contribution in [2.24, 2.45) is 23.7 Å². The predicted molar refractivity (Wildman–Crippen MR) is 50.3 cm³/mol. The lowest BCUT2D eigenvalue weighted by Gasteiger charge is -2.20. The first-order valence-corrected chi connectivity index (χ1v) is 6.04. The minimum atomic E-state index is 0.672. The van der Waals surface area contributed by atoms with Gasteiger partial charge in [-0.1, -0.05) is 0 Å². The van der Waals surface area contributed by atoms with Crippen LogP contribution in [0.25, 0.3) is 0 Å². The Morgan fingerprint density at radius 1 is 0.538 bits per heavy atom. The van der Waals surface area contributed by atoms with Crippen molar-refractivity contribution in [3.8, 4) is 0 Å². The second-order valence-electron chi connectivity index (χ2n) is 5.83. The summed E-state index contributed by atoms with van der Waals surface area (Å²) in [5.41, 5.74) is 0. The first-order valence-electron chi connectivity index (χ1n) is 6.04. The molecule has 72 valence electrons. The van der Waals surface area contributed by atoms with Crippen LogP contribution in [0.1, 0.15) is 38.5 Å². The summed E-state index contributed by atoms with van der Waals surface area (Å²) < 4.78 is 6.17. The lowest BCUT2D eigenvalue weighted by atomic mass is 10.1. The highest BCUT2D eigenvalue weighted by atomic mass is 16.5. The van der Waals surface area contributed by atoms with Gasteiger partial charge < -0.3 is 4.74 Å². The Hall–Kier alpha value is -0.0400. The van der Waals surface area contributed by atoms with Gasteiger partial charge in [0.15, 0.2) is 0 Å². The highest BCUT2D eigenvalue weighted by Crippen LogP contribution is 2.56. The quantitative estimate of drug-likeness (QED) is 0.631. The molecule has 4 atom stereocenters. The van der Waals surface area contributed by atoms with Gasteiger partial charge in [0.1, 0.15) is 0 Å². The van der Waals surface area contributed by atoms with E-state index in [0.717, 1.165) is 23.7 Å². The molecule has 0 aliphatic heterocycles. The Labute approximate surface area is 79.8 Å². The Kier molecular flexibility index (Phi) is 1.29. The van der Waals surface area contributed by atoms with Gasteiger partial charge in [-0.15, -0.1) is 0 Å². The number of fused-ring (bicyclic) bond motifs is 2. The molecule has 4 unspecified atom stereocenters. The van der Waals surface area contributed by atoms with E-state index < -0.39 is 0 Å². The molecule has 0 spiro atoms. The molecule has 13 heavy (non-hydrogen) atoms. The molecule has 4 saturated carbocycles.